The zero-order chi connectivity index (χ0) is 20.8. The average Bonchev–Trinajstić information content (AvgIpc) is 3.51. The molecule has 3 aromatic rings. The molecule has 0 saturated carbocycles. The Bertz CT molecular complexity index is 1120. The monoisotopic (exact) mass is 406 g/mol. The minimum absolute atomic E-state index is 0.00728. The van der Waals surface area contributed by atoms with Crippen molar-refractivity contribution in [3.63, 3.8) is 0 Å². The molecular weight excluding hydrogens is 380 g/mol. The molecule has 8 heteroatoms. The van der Waals surface area contributed by atoms with Gasteiger partial charge in [0.25, 0.3) is 0 Å². The highest BCUT2D eigenvalue weighted by molar-refractivity contribution is 5.93. The Morgan fingerprint density at radius 1 is 1.13 bits per heavy atom. The van der Waals surface area contributed by atoms with Crippen LogP contribution in [0.15, 0.2) is 42.9 Å². The van der Waals surface area contributed by atoms with Crippen LogP contribution in [0.5, 0.6) is 0 Å². The minimum atomic E-state index is 0.00728. The van der Waals surface area contributed by atoms with Crippen molar-refractivity contribution in [1.29, 1.82) is 0 Å². The Labute approximate surface area is 175 Å². The first-order chi connectivity index (χ1) is 14.5. The van der Waals surface area contributed by atoms with Gasteiger partial charge in [-0.25, -0.2) is 4.79 Å². The Balaban J connectivity index is 1.26. The number of aryl methyl sites for hydroxylation is 1. The molecule has 0 aliphatic carbocycles. The van der Waals surface area contributed by atoms with Gasteiger partial charge >= 0.3 is 6.03 Å². The second-order valence-electron chi connectivity index (χ2n) is 8.28. The fourth-order valence-corrected chi connectivity index (χ4v) is 4.58. The molecule has 2 aliphatic rings. The van der Waals surface area contributed by atoms with E-state index in [0.717, 1.165) is 41.7 Å². The lowest BCUT2D eigenvalue weighted by atomic mass is 10.1. The SMILES string of the molecule is CN1CCN(c2cnn(C3CCN(C(=O)Cc4cn(C)c5ccccc45)C3)c2)C1=O. The number of anilines is 1. The normalized spacial score (nSPS) is 19.5. The first-order valence-corrected chi connectivity index (χ1v) is 10.4. The van der Waals surface area contributed by atoms with E-state index in [1.54, 1.807) is 16.0 Å². The Kier molecular flexibility index (Phi) is 4.49. The third kappa shape index (κ3) is 3.12. The summed E-state index contributed by atoms with van der Waals surface area (Å²) in [4.78, 5) is 30.6. The fourth-order valence-electron chi connectivity index (χ4n) is 4.58. The maximum absolute atomic E-state index is 13.0. The number of hydrogen-bond donors (Lipinski definition) is 0. The average molecular weight is 406 g/mol. The number of benzene rings is 1. The van der Waals surface area contributed by atoms with Crippen LogP contribution in [-0.2, 0) is 18.3 Å². The molecule has 1 atom stereocenters. The molecule has 5 rings (SSSR count). The molecule has 0 bridgehead atoms. The summed E-state index contributed by atoms with van der Waals surface area (Å²) in [6.45, 7) is 2.79. The summed E-state index contributed by atoms with van der Waals surface area (Å²) in [5, 5.41) is 5.63. The van der Waals surface area contributed by atoms with Gasteiger partial charge in [0.1, 0.15) is 0 Å². The molecular formula is C22H26N6O2. The topological polar surface area (TPSA) is 66.6 Å². The molecule has 1 unspecified atom stereocenters. The number of carbonyl (C=O) groups excluding carboxylic acids is 2. The summed E-state index contributed by atoms with van der Waals surface area (Å²) >= 11 is 0. The van der Waals surface area contributed by atoms with E-state index >= 15 is 0 Å². The smallest absolute Gasteiger partial charge is 0.324 e. The van der Waals surface area contributed by atoms with Crippen LogP contribution in [0.2, 0.25) is 0 Å². The highest BCUT2D eigenvalue weighted by atomic mass is 16.2. The number of likely N-dealkylation sites (N-methyl/N-ethyl adjacent to an activating group) is 1. The number of carbonyl (C=O) groups is 2. The Morgan fingerprint density at radius 3 is 2.77 bits per heavy atom. The standard InChI is InChI=1S/C22H26N6O2/c1-24-9-10-27(22(24)30)18-12-23-28(15-18)17-7-8-26(14-17)21(29)11-16-13-25(2)20-6-4-3-5-19(16)20/h3-6,12-13,15,17H,7-11,14H2,1-2H3. The molecule has 156 valence electrons. The minimum Gasteiger partial charge on any atom is -0.350 e. The molecule has 8 nitrogen and oxygen atoms in total. The molecule has 4 heterocycles. The van der Waals surface area contributed by atoms with Crippen molar-refractivity contribution in [2.75, 3.05) is 38.1 Å². The first-order valence-electron chi connectivity index (χ1n) is 10.4. The van der Waals surface area contributed by atoms with Crippen molar-refractivity contribution in [1.82, 2.24) is 24.1 Å². The van der Waals surface area contributed by atoms with E-state index in [1.807, 2.05) is 42.0 Å². The lowest BCUT2D eigenvalue weighted by Gasteiger charge is -2.17. The van der Waals surface area contributed by atoms with Gasteiger partial charge in [-0.2, -0.15) is 5.10 Å². The van der Waals surface area contributed by atoms with Gasteiger partial charge in [-0.3, -0.25) is 14.4 Å². The van der Waals surface area contributed by atoms with E-state index in [1.165, 1.54) is 0 Å². The number of para-hydroxylation sites is 1. The molecule has 2 aromatic heterocycles. The van der Waals surface area contributed by atoms with Crippen LogP contribution in [0, 0.1) is 0 Å². The number of urea groups is 1. The molecule has 30 heavy (non-hydrogen) atoms. The summed E-state index contributed by atoms with van der Waals surface area (Å²) in [7, 11) is 3.82. The molecule has 0 N–H and O–H groups in total. The molecule has 3 amide bonds. The molecule has 0 radical (unpaired) electrons. The van der Waals surface area contributed by atoms with Crippen molar-refractivity contribution in [3.8, 4) is 0 Å². The van der Waals surface area contributed by atoms with Gasteiger partial charge in [0.05, 0.1) is 24.3 Å². The predicted octanol–water partition coefficient (Wildman–Crippen LogP) is 2.26. The van der Waals surface area contributed by atoms with Gasteiger partial charge in [0.2, 0.25) is 5.91 Å². The van der Waals surface area contributed by atoms with E-state index < -0.39 is 0 Å². The van der Waals surface area contributed by atoms with Crippen LogP contribution < -0.4 is 4.90 Å². The van der Waals surface area contributed by atoms with E-state index in [4.69, 9.17) is 0 Å². The number of amides is 3. The van der Waals surface area contributed by atoms with Crippen LogP contribution in [0.3, 0.4) is 0 Å². The fraction of sp³-hybridized carbons (Fsp3) is 0.409. The Hall–Kier alpha value is -3.29. The third-order valence-electron chi connectivity index (χ3n) is 6.33. The van der Waals surface area contributed by atoms with Gasteiger partial charge in [-0.05, 0) is 18.1 Å². The summed E-state index contributed by atoms with van der Waals surface area (Å²) in [6, 6.07) is 8.34. The zero-order valence-electron chi connectivity index (χ0n) is 17.4. The van der Waals surface area contributed by atoms with Crippen LogP contribution in [0.1, 0.15) is 18.0 Å². The zero-order valence-corrected chi connectivity index (χ0v) is 17.4. The molecule has 1 aromatic carbocycles. The number of likely N-dealkylation sites (tertiary alicyclic amines) is 1. The van der Waals surface area contributed by atoms with Crippen molar-refractivity contribution < 1.29 is 9.59 Å². The van der Waals surface area contributed by atoms with Gasteiger partial charge < -0.3 is 14.4 Å². The maximum Gasteiger partial charge on any atom is 0.324 e. The molecule has 2 saturated heterocycles. The summed E-state index contributed by atoms with van der Waals surface area (Å²) in [5.41, 5.74) is 3.04. The van der Waals surface area contributed by atoms with Gasteiger partial charge in [-0.15, -0.1) is 0 Å². The number of nitrogens with zero attached hydrogens (tertiary/aromatic N) is 6. The quantitative estimate of drug-likeness (QED) is 0.668. The highest BCUT2D eigenvalue weighted by Gasteiger charge is 2.31. The number of aromatic nitrogens is 3. The maximum atomic E-state index is 13.0. The number of fused-ring (bicyclic) bond motifs is 1. The molecule has 2 fully saturated rings. The Morgan fingerprint density at radius 2 is 1.97 bits per heavy atom. The highest BCUT2D eigenvalue weighted by Crippen LogP contribution is 2.27. The first kappa shape index (κ1) is 18.7. The second kappa shape index (κ2) is 7.19. The van der Waals surface area contributed by atoms with Crippen molar-refractivity contribution in [2.24, 2.45) is 7.05 Å². The van der Waals surface area contributed by atoms with Crippen LogP contribution in [-0.4, -0.2) is 69.3 Å². The van der Waals surface area contributed by atoms with Crippen molar-refractivity contribution in [2.45, 2.75) is 18.9 Å². The van der Waals surface area contributed by atoms with E-state index in [-0.39, 0.29) is 18.0 Å². The van der Waals surface area contributed by atoms with Crippen LogP contribution in [0.4, 0.5) is 10.5 Å². The molecule has 0 spiro atoms. The molecule has 2 aliphatic heterocycles. The van der Waals surface area contributed by atoms with Crippen molar-refractivity contribution in [3.05, 3.63) is 48.4 Å². The summed E-state index contributed by atoms with van der Waals surface area (Å²) in [6.07, 6.45) is 7.02. The summed E-state index contributed by atoms with van der Waals surface area (Å²) in [5.74, 6) is 0.151. The van der Waals surface area contributed by atoms with E-state index in [2.05, 4.69) is 28.0 Å². The number of rotatable bonds is 4. The van der Waals surface area contributed by atoms with Crippen LogP contribution >= 0.6 is 0 Å². The largest absolute Gasteiger partial charge is 0.350 e. The lowest BCUT2D eigenvalue weighted by molar-refractivity contribution is -0.129. The van der Waals surface area contributed by atoms with Gasteiger partial charge in [-0.1, -0.05) is 18.2 Å². The van der Waals surface area contributed by atoms with Gasteiger partial charge in [0.15, 0.2) is 0 Å². The van der Waals surface area contributed by atoms with Crippen molar-refractivity contribution >= 4 is 28.5 Å². The second-order valence-corrected chi connectivity index (χ2v) is 8.28. The summed E-state index contributed by atoms with van der Waals surface area (Å²) < 4.78 is 3.99. The lowest BCUT2D eigenvalue weighted by Crippen LogP contribution is -2.30. The van der Waals surface area contributed by atoms with E-state index in [9.17, 15) is 9.59 Å². The predicted molar refractivity (Wildman–Crippen MR) is 114 cm³/mol. The number of hydrogen-bond acceptors (Lipinski definition) is 3. The van der Waals surface area contributed by atoms with E-state index in [0.29, 0.717) is 19.5 Å². The van der Waals surface area contributed by atoms with Crippen LogP contribution in [0.25, 0.3) is 10.9 Å². The third-order valence-corrected chi connectivity index (χ3v) is 6.33. The van der Waals surface area contributed by atoms with Gasteiger partial charge in [0, 0.05) is 63.6 Å².